The minimum Gasteiger partial charge on any atom is -0.481 e. The van der Waals surface area contributed by atoms with Crippen LogP contribution in [0.1, 0.15) is 100 Å². The van der Waals surface area contributed by atoms with Gasteiger partial charge >= 0.3 is 5.97 Å². The van der Waals surface area contributed by atoms with Gasteiger partial charge in [-0.15, -0.1) is 0 Å². The summed E-state index contributed by atoms with van der Waals surface area (Å²) in [5.41, 5.74) is 2.74. The minimum atomic E-state index is -0.778. The Morgan fingerprint density at radius 2 is 1.68 bits per heavy atom. The van der Waals surface area contributed by atoms with E-state index in [2.05, 4.69) is 11.8 Å². The van der Waals surface area contributed by atoms with Gasteiger partial charge in [-0.25, -0.2) is 0 Å². The molecule has 1 heterocycles. The number of carbonyl (C=O) groups excluding carboxylic acids is 2. The Labute approximate surface area is 227 Å². The van der Waals surface area contributed by atoms with Gasteiger partial charge in [-0.05, 0) is 95.5 Å². The Hall–Kier alpha value is -3.15. The SMILES string of the molecule is CCN(C(=O)[C@@H]1C[C@H](C)N(C(=O)c2ccc(CCCC(C)(C)C(=O)O)cc2)c2ccccc21)C1CCCC1. The highest BCUT2D eigenvalue weighted by molar-refractivity contribution is 6.08. The van der Waals surface area contributed by atoms with E-state index in [-0.39, 0.29) is 23.8 Å². The number of fused-ring (bicyclic) bond motifs is 1. The van der Waals surface area contributed by atoms with E-state index in [1.54, 1.807) is 13.8 Å². The van der Waals surface area contributed by atoms with Gasteiger partial charge in [0.2, 0.25) is 5.91 Å². The molecule has 38 heavy (non-hydrogen) atoms. The first-order chi connectivity index (χ1) is 18.1. The lowest BCUT2D eigenvalue weighted by molar-refractivity contribution is -0.147. The van der Waals surface area contributed by atoms with Crippen molar-refractivity contribution in [2.75, 3.05) is 11.4 Å². The van der Waals surface area contributed by atoms with E-state index in [1.165, 1.54) is 12.8 Å². The fourth-order valence-corrected chi connectivity index (χ4v) is 6.16. The van der Waals surface area contributed by atoms with Gasteiger partial charge in [-0.2, -0.15) is 0 Å². The maximum absolute atomic E-state index is 13.8. The number of para-hydroxylation sites is 1. The predicted molar refractivity (Wildman–Crippen MR) is 151 cm³/mol. The molecule has 0 saturated heterocycles. The number of amides is 2. The van der Waals surface area contributed by atoms with Crippen LogP contribution in [0.15, 0.2) is 48.5 Å². The molecule has 2 aromatic carbocycles. The zero-order valence-electron chi connectivity index (χ0n) is 23.3. The normalized spacial score (nSPS) is 19.7. The Morgan fingerprint density at radius 1 is 1.03 bits per heavy atom. The highest BCUT2D eigenvalue weighted by Gasteiger charge is 2.40. The average molecular weight is 519 g/mol. The van der Waals surface area contributed by atoms with Crippen LogP contribution in [-0.2, 0) is 16.0 Å². The monoisotopic (exact) mass is 518 g/mol. The summed E-state index contributed by atoms with van der Waals surface area (Å²) in [6.45, 7) is 8.33. The van der Waals surface area contributed by atoms with Crippen LogP contribution in [0.25, 0.3) is 0 Å². The Kier molecular flexibility index (Phi) is 8.59. The summed E-state index contributed by atoms with van der Waals surface area (Å²) in [6.07, 6.45) is 7.30. The molecular weight excluding hydrogens is 476 g/mol. The van der Waals surface area contributed by atoms with Crippen LogP contribution >= 0.6 is 0 Å². The number of rotatable bonds is 9. The molecule has 2 atom stereocenters. The summed E-state index contributed by atoms with van der Waals surface area (Å²) in [4.78, 5) is 42.8. The van der Waals surface area contributed by atoms with Crippen molar-refractivity contribution in [1.82, 2.24) is 4.90 Å². The van der Waals surface area contributed by atoms with E-state index in [4.69, 9.17) is 0 Å². The molecular formula is C32H42N2O4. The van der Waals surface area contributed by atoms with Gasteiger partial charge in [-0.3, -0.25) is 14.4 Å². The standard InChI is InChI=1S/C32H42N2O4/c1-5-33(25-12-6-7-13-25)30(36)27-21-22(2)34(28-15-9-8-14-26(27)28)29(35)24-18-16-23(17-19-24)11-10-20-32(3,4)31(37)38/h8-9,14-19,22,25,27H,5-7,10-13,20-21H2,1-4H3,(H,37,38)/t22-,27+/m0/s1. The summed E-state index contributed by atoms with van der Waals surface area (Å²) < 4.78 is 0. The van der Waals surface area contributed by atoms with E-state index in [1.807, 2.05) is 60.4 Å². The van der Waals surface area contributed by atoms with E-state index < -0.39 is 11.4 Å². The van der Waals surface area contributed by atoms with Gasteiger partial charge in [0, 0.05) is 29.9 Å². The fraction of sp³-hybridized carbons (Fsp3) is 0.531. The molecule has 0 spiro atoms. The van der Waals surface area contributed by atoms with Crippen molar-refractivity contribution in [3.05, 3.63) is 65.2 Å². The number of aryl methyl sites for hydroxylation is 1. The predicted octanol–water partition coefficient (Wildman–Crippen LogP) is 6.43. The van der Waals surface area contributed by atoms with Crippen LogP contribution in [0.3, 0.4) is 0 Å². The van der Waals surface area contributed by atoms with Crippen molar-refractivity contribution >= 4 is 23.5 Å². The summed E-state index contributed by atoms with van der Waals surface area (Å²) in [5.74, 6) is -0.874. The van der Waals surface area contributed by atoms with Gasteiger partial charge in [-0.1, -0.05) is 43.2 Å². The molecule has 6 heteroatoms. The van der Waals surface area contributed by atoms with Crippen LogP contribution in [0.4, 0.5) is 5.69 Å². The van der Waals surface area contributed by atoms with Crippen molar-refractivity contribution in [3.8, 4) is 0 Å². The zero-order chi connectivity index (χ0) is 27.4. The number of hydrogen-bond acceptors (Lipinski definition) is 3. The second-order valence-corrected chi connectivity index (χ2v) is 11.7. The molecule has 204 valence electrons. The van der Waals surface area contributed by atoms with E-state index in [9.17, 15) is 19.5 Å². The molecule has 1 saturated carbocycles. The largest absolute Gasteiger partial charge is 0.481 e. The summed E-state index contributed by atoms with van der Waals surface area (Å²) in [5, 5.41) is 9.32. The molecule has 2 aliphatic rings. The number of carbonyl (C=O) groups is 3. The van der Waals surface area contributed by atoms with Crippen molar-refractivity contribution in [3.63, 3.8) is 0 Å². The second-order valence-electron chi connectivity index (χ2n) is 11.7. The third-order valence-electron chi connectivity index (χ3n) is 8.54. The van der Waals surface area contributed by atoms with E-state index in [0.29, 0.717) is 24.4 Å². The molecule has 1 aliphatic carbocycles. The second kappa shape index (κ2) is 11.7. The van der Waals surface area contributed by atoms with E-state index in [0.717, 1.165) is 49.0 Å². The highest BCUT2D eigenvalue weighted by Crippen LogP contribution is 2.41. The molecule has 0 radical (unpaired) electrons. The Balaban J connectivity index is 1.50. The number of carboxylic acid groups (broad SMARTS) is 1. The van der Waals surface area contributed by atoms with Crippen LogP contribution < -0.4 is 4.90 Å². The molecule has 1 fully saturated rings. The maximum atomic E-state index is 13.8. The molecule has 2 aromatic rings. The average Bonchev–Trinajstić information content (AvgIpc) is 3.43. The lowest BCUT2D eigenvalue weighted by atomic mass is 9.84. The summed E-state index contributed by atoms with van der Waals surface area (Å²) in [7, 11) is 0. The Morgan fingerprint density at radius 3 is 2.32 bits per heavy atom. The lowest BCUT2D eigenvalue weighted by Crippen LogP contribution is -2.48. The van der Waals surface area contributed by atoms with Gasteiger partial charge in [0.05, 0.1) is 11.3 Å². The van der Waals surface area contributed by atoms with Crippen molar-refractivity contribution in [2.45, 2.75) is 97.1 Å². The van der Waals surface area contributed by atoms with Gasteiger partial charge in [0.15, 0.2) is 0 Å². The van der Waals surface area contributed by atoms with Crippen molar-refractivity contribution in [1.29, 1.82) is 0 Å². The molecule has 0 aromatic heterocycles. The molecule has 2 amide bonds. The smallest absolute Gasteiger partial charge is 0.309 e. The molecule has 4 rings (SSSR count). The van der Waals surface area contributed by atoms with E-state index >= 15 is 0 Å². The van der Waals surface area contributed by atoms with Crippen LogP contribution in [0.2, 0.25) is 0 Å². The quantitative estimate of drug-likeness (QED) is 0.415. The van der Waals surface area contributed by atoms with Crippen molar-refractivity contribution in [2.24, 2.45) is 5.41 Å². The van der Waals surface area contributed by atoms with Gasteiger partial charge in [0.25, 0.3) is 5.91 Å². The van der Waals surface area contributed by atoms with Crippen LogP contribution in [-0.4, -0.2) is 46.4 Å². The molecule has 6 nitrogen and oxygen atoms in total. The fourth-order valence-electron chi connectivity index (χ4n) is 6.16. The lowest BCUT2D eigenvalue weighted by Gasteiger charge is -2.41. The number of aliphatic carboxylic acids is 1. The number of nitrogens with zero attached hydrogens (tertiary/aromatic N) is 2. The Bertz CT molecular complexity index is 1150. The molecule has 0 unspecified atom stereocenters. The zero-order valence-corrected chi connectivity index (χ0v) is 23.3. The van der Waals surface area contributed by atoms with Crippen LogP contribution in [0, 0.1) is 5.41 Å². The maximum Gasteiger partial charge on any atom is 0.309 e. The van der Waals surface area contributed by atoms with Crippen molar-refractivity contribution < 1.29 is 19.5 Å². The molecule has 0 bridgehead atoms. The third kappa shape index (κ3) is 5.79. The number of anilines is 1. The first kappa shape index (κ1) is 27.9. The highest BCUT2D eigenvalue weighted by atomic mass is 16.4. The van der Waals surface area contributed by atoms with Gasteiger partial charge < -0.3 is 14.9 Å². The number of hydrogen-bond donors (Lipinski definition) is 1. The third-order valence-corrected chi connectivity index (χ3v) is 8.54. The summed E-state index contributed by atoms with van der Waals surface area (Å²) in [6, 6.07) is 15.8. The summed E-state index contributed by atoms with van der Waals surface area (Å²) >= 11 is 0. The minimum absolute atomic E-state index is 0.0578. The number of benzene rings is 2. The first-order valence-corrected chi connectivity index (χ1v) is 14.2. The number of carboxylic acids is 1. The first-order valence-electron chi connectivity index (χ1n) is 14.2. The number of likely N-dealkylation sites (N-methyl/N-ethyl adjacent to an activating group) is 1. The topological polar surface area (TPSA) is 77.9 Å². The molecule has 1 aliphatic heterocycles. The van der Waals surface area contributed by atoms with Crippen LogP contribution in [0.5, 0.6) is 0 Å². The van der Waals surface area contributed by atoms with Gasteiger partial charge in [0.1, 0.15) is 0 Å². The molecule has 1 N–H and O–H groups in total.